The van der Waals surface area contributed by atoms with Gasteiger partial charge in [0.2, 0.25) is 0 Å². The van der Waals surface area contributed by atoms with Gasteiger partial charge in [0, 0.05) is 11.2 Å². The average Bonchev–Trinajstić information content (AvgIpc) is 2.10. The molecule has 6 heteroatoms. The molecule has 1 rings (SSSR count). The molecule has 0 amide bonds. The van der Waals surface area contributed by atoms with Crippen molar-refractivity contribution in [1.29, 1.82) is 0 Å². The molecule has 0 aliphatic heterocycles. The molecule has 0 heterocycles. The Balaban J connectivity index is 0.00000196. The third-order valence-corrected chi connectivity index (χ3v) is 1.66. The van der Waals surface area contributed by atoms with Crippen LogP contribution in [-0.4, -0.2) is 23.8 Å². The molecule has 15 heavy (non-hydrogen) atoms. The van der Waals surface area contributed by atoms with E-state index in [4.69, 9.17) is 16.7 Å². The minimum absolute atomic E-state index is 0. The summed E-state index contributed by atoms with van der Waals surface area (Å²) in [7, 11) is 0. The smallest absolute Gasteiger partial charge is 0.872 e. The van der Waals surface area contributed by atoms with Crippen LogP contribution in [0.25, 0.3) is 0 Å². The number of carbonyl (C=O) groups is 1. The van der Waals surface area contributed by atoms with E-state index in [2.05, 4.69) is 4.99 Å². The third-order valence-electron chi connectivity index (χ3n) is 1.43. The van der Waals surface area contributed by atoms with Crippen LogP contribution >= 0.6 is 11.6 Å². The zero-order chi connectivity index (χ0) is 10.6. The van der Waals surface area contributed by atoms with E-state index >= 15 is 0 Å². The van der Waals surface area contributed by atoms with Crippen LogP contribution in [0.15, 0.2) is 23.2 Å². The van der Waals surface area contributed by atoms with Gasteiger partial charge in [0.25, 0.3) is 0 Å². The quantitative estimate of drug-likeness (QED) is 0.495. The van der Waals surface area contributed by atoms with Crippen LogP contribution in [0.3, 0.4) is 0 Å². The summed E-state index contributed by atoms with van der Waals surface area (Å²) in [4.78, 5) is 13.7. The zero-order valence-corrected chi connectivity index (χ0v) is 12.0. The number of carboxylic acid groups (broad SMARTS) is 1. The fraction of sp³-hybridized carbons (Fsp3) is 0.111. The fourth-order valence-electron chi connectivity index (χ4n) is 0.842. The van der Waals surface area contributed by atoms with E-state index in [0.29, 0.717) is 10.6 Å². The SMILES string of the molecule is O=C(O)CN=Cc1cc(Cl)ccc1[O-].[K+]. The Labute approximate surface area is 134 Å². The first kappa shape index (κ1) is 15.1. The summed E-state index contributed by atoms with van der Waals surface area (Å²) in [6.07, 6.45) is 1.21. The number of hydrogen-bond acceptors (Lipinski definition) is 3. The number of rotatable bonds is 3. The van der Waals surface area contributed by atoms with Gasteiger partial charge in [-0.05, 0) is 17.7 Å². The van der Waals surface area contributed by atoms with Crippen LogP contribution < -0.4 is 56.5 Å². The van der Waals surface area contributed by atoms with Gasteiger partial charge in [-0.1, -0.05) is 23.4 Å². The first-order valence-corrected chi connectivity index (χ1v) is 4.15. The van der Waals surface area contributed by atoms with E-state index < -0.39 is 5.97 Å². The first-order chi connectivity index (χ1) is 6.59. The van der Waals surface area contributed by atoms with E-state index in [1.807, 2.05) is 0 Å². The van der Waals surface area contributed by atoms with Crippen molar-refractivity contribution >= 4 is 23.8 Å². The molecule has 0 aliphatic rings. The van der Waals surface area contributed by atoms with Gasteiger partial charge in [-0.3, -0.25) is 9.79 Å². The summed E-state index contributed by atoms with van der Waals surface area (Å²) in [5, 5.41) is 19.9. The molecular weight excluding hydrogens is 245 g/mol. The number of aliphatic imine (C=N–C) groups is 1. The van der Waals surface area contributed by atoms with Gasteiger partial charge in [0.15, 0.2) is 0 Å². The van der Waals surface area contributed by atoms with Crippen molar-refractivity contribution in [2.24, 2.45) is 4.99 Å². The van der Waals surface area contributed by atoms with Crippen molar-refractivity contribution in [2.45, 2.75) is 0 Å². The van der Waals surface area contributed by atoms with Gasteiger partial charge in [-0.2, -0.15) is 0 Å². The second-order valence-corrected chi connectivity index (χ2v) is 2.98. The van der Waals surface area contributed by atoms with Crippen LogP contribution in [0.2, 0.25) is 5.02 Å². The summed E-state index contributed by atoms with van der Waals surface area (Å²) >= 11 is 5.64. The van der Waals surface area contributed by atoms with Gasteiger partial charge in [0.05, 0.1) is 0 Å². The predicted octanol–water partition coefficient (Wildman–Crippen LogP) is -2.08. The Bertz CT molecular complexity index is 382. The van der Waals surface area contributed by atoms with Crippen molar-refractivity contribution < 1.29 is 66.4 Å². The third kappa shape index (κ3) is 5.65. The van der Waals surface area contributed by atoms with Crippen LogP contribution in [0.5, 0.6) is 5.75 Å². The minimum Gasteiger partial charge on any atom is -0.872 e. The zero-order valence-electron chi connectivity index (χ0n) is 8.11. The Morgan fingerprint density at radius 1 is 1.60 bits per heavy atom. The maximum Gasteiger partial charge on any atom is 1.00 e. The first-order valence-electron chi connectivity index (χ1n) is 3.78. The largest absolute Gasteiger partial charge is 1.00 e. The summed E-state index contributed by atoms with van der Waals surface area (Å²) < 4.78 is 0. The van der Waals surface area contributed by atoms with Gasteiger partial charge in [-0.25, -0.2) is 0 Å². The van der Waals surface area contributed by atoms with Crippen LogP contribution in [0, 0.1) is 0 Å². The summed E-state index contributed by atoms with van der Waals surface area (Å²) in [5.74, 6) is -1.28. The standard InChI is InChI=1S/C9H8ClNO3.K/c10-7-1-2-8(12)6(3-7)4-11-5-9(13)14;/h1-4,12H,5H2,(H,13,14);/q;+1/p-1. The van der Waals surface area contributed by atoms with Gasteiger partial charge >= 0.3 is 57.4 Å². The van der Waals surface area contributed by atoms with Gasteiger partial charge < -0.3 is 10.2 Å². The molecule has 0 saturated carbocycles. The Morgan fingerprint density at radius 3 is 2.87 bits per heavy atom. The van der Waals surface area contributed by atoms with Crippen LogP contribution in [0.4, 0.5) is 0 Å². The predicted molar refractivity (Wildman–Crippen MR) is 51.0 cm³/mol. The van der Waals surface area contributed by atoms with Crippen molar-refractivity contribution in [2.75, 3.05) is 6.54 Å². The molecule has 0 spiro atoms. The second kappa shape index (κ2) is 7.37. The molecule has 4 nitrogen and oxygen atoms in total. The average molecular weight is 252 g/mol. The Hall–Kier alpha value is 0.0864. The molecule has 0 saturated heterocycles. The second-order valence-electron chi connectivity index (χ2n) is 2.55. The number of aliphatic carboxylic acids is 1. The molecule has 74 valence electrons. The van der Waals surface area contributed by atoms with Crippen molar-refractivity contribution in [1.82, 2.24) is 0 Å². The topological polar surface area (TPSA) is 72.7 Å². The van der Waals surface area contributed by atoms with Crippen molar-refractivity contribution in [3.8, 4) is 5.75 Å². The molecule has 1 N–H and O–H groups in total. The molecule has 0 aromatic heterocycles. The summed E-state index contributed by atoms with van der Waals surface area (Å²) in [5.41, 5.74) is 0.291. The van der Waals surface area contributed by atoms with Gasteiger partial charge in [-0.15, -0.1) is 0 Å². The molecule has 0 aliphatic carbocycles. The molecule has 0 fully saturated rings. The fourth-order valence-corrected chi connectivity index (χ4v) is 1.02. The molecule has 1 aromatic carbocycles. The number of benzene rings is 1. The molecule has 0 atom stereocenters. The maximum atomic E-state index is 11.1. The van der Waals surface area contributed by atoms with E-state index in [1.54, 1.807) is 0 Å². The summed E-state index contributed by atoms with van der Waals surface area (Å²) in [6.45, 7) is -0.355. The van der Waals surface area contributed by atoms with Crippen molar-refractivity contribution in [3.63, 3.8) is 0 Å². The Kier molecular flexibility index (Phi) is 7.42. The minimum atomic E-state index is -1.05. The Morgan fingerprint density at radius 2 is 2.27 bits per heavy atom. The number of nitrogens with zero attached hydrogens (tertiary/aromatic N) is 1. The number of halogens is 1. The number of carboxylic acids is 1. The molecule has 0 unspecified atom stereocenters. The normalized spacial score (nSPS) is 9.93. The molecule has 1 aromatic rings. The molecule has 0 bridgehead atoms. The monoisotopic (exact) mass is 251 g/mol. The van der Waals surface area contributed by atoms with E-state index in [0.717, 1.165) is 0 Å². The maximum absolute atomic E-state index is 11.1. The molecular formula is C9H7ClKNO3. The van der Waals surface area contributed by atoms with E-state index in [-0.39, 0.29) is 63.7 Å². The van der Waals surface area contributed by atoms with Gasteiger partial charge in [0.1, 0.15) is 6.54 Å². The van der Waals surface area contributed by atoms with E-state index in [1.165, 1.54) is 24.4 Å². The van der Waals surface area contributed by atoms with E-state index in [9.17, 15) is 9.90 Å². The summed E-state index contributed by atoms with van der Waals surface area (Å²) in [6, 6.07) is 4.22. The van der Waals surface area contributed by atoms with Crippen LogP contribution in [-0.2, 0) is 4.79 Å². The molecule has 0 radical (unpaired) electrons. The van der Waals surface area contributed by atoms with Crippen LogP contribution in [0.1, 0.15) is 5.56 Å². The van der Waals surface area contributed by atoms with Crippen molar-refractivity contribution in [3.05, 3.63) is 28.8 Å². The number of hydrogen-bond donors (Lipinski definition) is 1.